The lowest BCUT2D eigenvalue weighted by atomic mass is 10.2. The van der Waals surface area contributed by atoms with E-state index in [2.05, 4.69) is 4.72 Å². The Kier molecular flexibility index (Phi) is 5.33. The number of ether oxygens (including phenoxy) is 1. The van der Waals surface area contributed by atoms with Crippen LogP contribution in [0.5, 0.6) is 11.5 Å². The van der Waals surface area contributed by atoms with Crippen LogP contribution in [-0.2, 0) is 21.0 Å². The maximum atomic E-state index is 12.6. The SMILES string of the molecule is O=C1[C@H](NS(=O)(=O)c2ccc(Oc3ccc(C(F)(F)F)cc3)cc2)CCN1O. The monoisotopic (exact) mass is 416 g/mol. The Morgan fingerprint density at radius 2 is 1.57 bits per heavy atom. The summed E-state index contributed by atoms with van der Waals surface area (Å²) in [6, 6.07) is 8.15. The number of rotatable bonds is 5. The third-order valence-electron chi connectivity index (χ3n) is 4.03. The van der Waals surface area contributed by atoms with Crippen LogP contribution in [0.1, 0.15) is 12.0 Å². The minimum atomic E-state index is -4.45. The fourth-order valence-corrected chi connectivity index (χ4v) is 3.79. The summed E-state index contributed by atoms with van der Waals surface area (Å²) < 4.78 is 69.9. The highest BCUT2D eigenvalue weighted by Crippen LogP contribution is 2.31. The Bertz CT molecular complexity index is 960. The zero-order chi connectivity index (χ0) is 20.5. The number of hydroxylamine groups is 2. The molecule has 1 atom stereocenters. The maximum Gasteiger partial charge on any atom is 0.416 e. The van der Waals surface area contributed by atoms with Gasteiger partial charge in [-0.3, -0.25) is 10.0 Å². The lowest BCUT2D eigenvalue weighted by Gasteiger charge is -2.12. The minimum absolute atomic E-state index is 0.0337. The van der Waals surface area contributed by atoms with Crippen molar-refractivity contribution in [2.24, 2.45) is 0 Å². The van der Waals surface area contributed by atoms with Gasteiger partial charge < -0.3 is 4.74 Å². The Hall–Kier alpha value is -2.63. The van der Waals surface area contributed by atoms with Gasteiger partial charge in [-0.1, -0.05) is 0 Å². The molecular weight excluding hydrogens is 401 g/mol. The average Bonchev–Trinajstić information content (AvgIpc) is 2.93. The highest BCUT2D eigenvalue weighted by molar-refractivity contribution is 7.89. The van der Waals surface area contributed by atoms with Crippen molar-refractivity contribution in [3.8, 4) is 11.5 Å². The predicted molar refractivity (Wildman–Crippen MR) is 90.2 cm³/mol. The summed E-state index contributed by atoms with van der Waals surface area (Å²) >= 11 is 0. The molecule has 0 spiro atoms. The molecule has 1 fully saturated rings. The number of nitrogens with one attached hydrogen (secondary N) is 1. The van der Waals surface area contributed by atoms with E-state index in [1.54, 1.807) is 0 Å². The van der Waals surface area contributed by atoms with E-state index in [1.807, 2.05) is 0 Å². The van der Waals surface area contributed by atoms with E-state index < -0.39 is 33.7 Å². The number of alkyl halides is 3. The first-order chi connectivity index (χ1) is 13.1. The second-order valence-electron chi connectivity index (χ2n) is 6.02. The van der Waals surface area contributed by atoms with Crippen LogP contribution >= 0.6 is 0 Å². The van der Waals surface area contributed by atoms with Gasteiger partial charge in [-0.05, 0) is 55.0 Å². The molecule has 2 aromatic rings. The molecule has 0 unspecified atom stereocenters. The molecule has 0 radical (unpaired) electrons. The molecule has 1 saturated heterocycles. The zero-order valence-corrected chi connectivity index (χ0v) is 15.0. The summed E-state index contributed by atoms with van der Waals surface area (Å²) in [6.07, 6.45) is -4.31. The fourth-order valence-electron chi connectivity index (χ4n) is 2.56. The predicted octanol–water partition coefficient (Wildman–Crippen LogP) is 2.77. The molecule has 2 N–H and O–H groups in total. The van der Waals surface area contributed by atoms with Crippen molar-refractivity contribution < 1.29 is 36.3 Å². The topological polar surface area (TPSA) is 95.9 Å². The molecule has 1 aliphatic rings. The van der Waals surface area contributed by atoms with Gasteiger partial charge in [0.1, 0.15) is 17.5 Å². The fraction of sp³-hybridized carbons (Fsp3) is 0.235. The third-order valence-corrected chi connectivity index (χ3v) is 5.52. The van der Waals surface area contributed by atoms with Gasteiger partial charge in [-0.25, -0.2) is 13.5 Å². The van der Waals surface area contributed by atoms with Gasteiger partial charge in [0.05, 0.1) is 17.0 Å². The van der Waals surface area contributed by atoms with Crippen molar-refractivity contribution >= 4 is 15.9 Å². The van der Waals surface area contributed by atoms with Crippen LogP contribution in [0.3, 0.4) is 0 Å². The molecule has 0 saturated carbocycles. The number of hydrogen-bond donors (Lipinski definition) is 2. The van der Waals surface area contributed by atoms with Crippen molar-refractivity contribution in [1.82, 2.24) is 9.79 Å². The molecule has 0 aliphatic carbocycles. The van der Waals surface area contributed by atoms with Crippen molar-refractivity contribution in [3.63, 3.8) is 0 Å². The Morgan fingerprint density at radius 1 is 1.04 bits per heavy atom. The van der Waals surface area contributed by atoms with E-state index in [-0.39, 0.29) is 29.4 Å². The lowest BCUT2D eigenvalue weighted by Crippen LogP contribution is -2.40. The first-order valence-electron chi connectivity index (χ1n) is 8.04. The Morgan fingerprint density at radius 3 is 2.04 bits per heavy atom. The van der Waals surface area contributed by atoms with Crippen LogP contribution in [0.2, 0.25) is 0 Å². The van der Waals surface area contributed by atoms with Crippen LogP contribution < -0.4 is 9.46 Å². The summed E-state index contributed by atoms with van der Waals surface area (Å²) in [5.41, 5.74) is -0.810. The second kappa shape index (κ2) is 7.41. The molecular formula is C17H15F3N2O5S. The van der Waals surface area contributed by atoms with E-state index in [0.717, 1.165) is 24.3 Å². The summed E-state index contributed by atoms with van der Waals surface area (Å²) in [4.78, 5) is 11.5. The Balaban J connectivity index is 1.68. The first-order valence-corrected chi connectivity index (χ1v) is 9.52. The molecule has 7 nitrogen and oxygen atoms in total. The lowest BCUT2D eigenvalue weighted by molar-refractivity contribution is -0.158. The van der Waals surface area contributed by atoms with Crippen LogP contribution in [0.15, 0.2) is 53.4 Å². The first kappa shape index (κ1) is 20.1. The summed E-state index contributed by atoms with van der Waals surface area (Å²) in [5.74, 6) is -0.357. The Labute approximate surface area is 158 Å². The van der Waals surface area contributed by atoms with Gasteiger partial charge in [0, 0.05) is 0 Å². The number of benzene rings is 2. The number of hydrogen-bond acceptors (Lipinski definition) is 5. The molecule has 3 rings (SSSR count). The van der Waals surface area contributed by atoms with Crippen LogP contribution in [0.4, 0.5) is 13.2 Å². The van der Waals surface area contributed by atoms with Crippen molar-refractivity contribution in [2.45, 2.75) is 23.5 Å². The molecule has 1 heterocycles. The van der Waals surface area contributed by atoms with Crippen LogP contribution in [0, 0.1) is 0 Å². The standard InChI is InChI=1S/C17H15F3N2O5S/c18-17(19,20)11-1-3-12(4-2-11)27-13-5-7-14(8-6-13)28(25,26)21-15-9-10-22(24)16(15)23/h1-8,15,21,24H,9-10H2/t15-/m1/s1. The van der Waals surface area contributed by atoms with E-state index in [4.69, 9.17) is 4.74 Å². The maximum absolute atomic E-state index is 12.6. The van der Waals surface area contributed by atoms with Crippen molar-refractivity contribution in [2.75, 3.05) is 6.54 Å². The molecule has 28 heavy (non-hydrogen) atoms. The highest BCUT2D eigenvalue weighted by atomic mass is 32.2. The number of carbonyl (C=O) groups excluding carboxylic acids is 1. The molecule has 150 valence electrons. The van der Waals surface area contributed by atoms with Crippen molar-refractivity contribution in [3.05, 3.63) is 54.1 Å². The van der Waals surface area contributed by atoms with Crippen LogP contribution in [-0.4, -0.2) is 37.2 Å². The van der Waals surface area contributed by atoms with Gasteiger partial charge in [-0.15, -0.1) is 0 Å². The minimum Gasteiger partial charge on any atom is -0.457 e. The average molecular weight is 416 g/mol. The van der Waals surface area contributed by atoms with E-state index >= 15 is 0 Å². The number of sulfonamides is 1. The largest absolute Gasteiger partial charge is 0.457 e. The van der Waals surface area contributed by atoms with E-state index in [1.165, 1.54) is 24.3 Å². The molecule has 0 aromatic heterocycles. The van der Waals surface area contributed by atoms with Gasteiger partial charge >= 0.3 is 6.18 Å². The van der Waals surface area contributed by atoms with E-state index in [0.29, 0.717) is 5.06 Å². The second-order valence-corrected chi connectivity index (χ2v) is 7.73. The van der Waals surface area contributed by atoms with Crippen LogP contribution in [0.25, 0.3) is 0 Å². The van der Waals surface area contributed by atoms with Crippen molar-refractivity contribution in [1.29, 1.82) is 0 Å². The number of carbonyl (C=O) groups is 1. The smallest absolute Gasteiger partial charge is 0.416 e. The van der Waals surface area contributed by atoms with Gasteiger partial charge in [0.25, 0.3) is 5.91 Å². The number of halogens is 3. The van der Waals surface area contributed by atoms with Gasteiger partial charge in [0.15, 0.2) is 0 Å². The summed E-state index contributed by atoms with van der Waals surface area (Å²) in [6.45, 7) is 0.0337. The number of amides is 1. The zero-order valence-electron chi connectivity index (χ0n) is 14.2. The summed E-state index contributed by atoms with van der Waals surface area (Å²) in [7, 11) is -4.00. The third kappa shape index (κ3) is 4.43. The molecule has 0 bridgehead atoms. The molecule has 11 heteroatoms. The quantitative estimate of drug-likeness (QED) is 0.731. The number of nitrogens with zero attached hydrogens (tertiary/aromatic N) is 1. The van der Waals surface area contributed by atoms with Gasteiger partial charge in [0.2, 0.25) is 10.0 Å². The summed E-state index contributed by atoms with van der Waals surface area (Å²) in [5, 5.41) is 9.70. The molecule has 2 aromatic carbocycles. The molecule has 1 aliphatic heterocycles. The highest BCUT2D eigenvalue weighted by Gasteiger charge is 2.34. The van der Waals surface area contributed by atoms with Gasteiger partial charge in [-0.2, -0.15) is 17.9 Å². The molecule has 1 amide bonds. The van der Waals surface area contributed by atoms with E-state index in [9.17, 15) is 31.6 Å². The normalized spacial score (nSPS) is 17.8.